The van der Waals surface area contributed by atoms with Crippen molar-refractivity contribution in [3.63, 3.8) is 0 Å². The standard InChI is InChI=1S/C11H17F2N6O12P3/c1-10(12)7(20)11(13,2-28-33(24,25)31-34(26,27)30-32(21,22)23)29-8(10)19-3-16-4-5(14)17-9(15)18-6(4)19/h3,7-8,20H,2H2,1H3,(H,24,25)(H,26,27)(H2,21,22,23)(H4,14,15,17,18)/t7-,8+,10+,11+/m0/s1. The Morgan fingerprint density at radius 3 is 2.35 bits per heavy atom. The molecule has 0 aromatic carbocycles. The van der Waals surface area contributed by atoms with Crippen molar-refractivity contribution in [1.82, 2.24) is 19.5 Å². The number of aliphatic hydroxyl groups excluding tert-OH is 1. The summed E-state index contributed by atoms with van der Waals surface area (Å²) < 4.78 is 81.3. The number of hydrogen-bond donors (Lipinski definition) is 7. The fourth-order valence-electron chi connectivity index (χ4n) is 2.96. The molecular formula is C11H17F2N6O12P3. The van der Waals surface area contributed by atoms with Gasteiger partial charge in [-0.3, -0.25) is 9.09 Å². The van der Waals surface area contributed by atoms with Gasteiger partial charge in [0.15, 0.2) is 29.5 Å². The van der Waals surface area contributed by atoms with Crippen molar-refractivity contribution in [3.05, 3.63) is 6.33 Å². The minimum absolute atomic E-state index is 0.0762. The van der Waals surface area contributed by atoms with Crippen LogP contribution in [0.5, 0.6) is 0 Å². The van der Waals surface area contributed by atoms with Crippen molar-refractivity contribution < 1.29 is 65.0 Å². The molecule has 9 N–H and O–H groups in total. The number of nitrogens with two attached hydrogens (primary N) is 2. The van der Waals surface area contributed by atoms with Crippen LogP contribution in [0.2, 0.25) is 0 Å². The Morgan fingerprint density at radius 1 is 1.15 bits per heavy atom. The lowest BCUT2D eigenvalue weighted by atomic mass is 9.97. The lowest BCUT2D eigenvalue weighted by molar-refractivity contribution is -0.203. The summed E-state index contributed by atoms with van der Waals surface area (Å²) in [6.07, 6.45) is -3.82. The summed E-state index contributed by atoms with van der Waals surface area (Å²) in [6, 6.07) is 0. The maximum Gasteiger partial charge on any atom is 0.490 e. The molecule has 3 heterocycles. The average Bonchev–Trinajstić information content (AvgIpc) is 3.11. The first-order valence-corrected chi connectivity index (χ1v) is 13.1. The zero-order chi connectivity index (χ0) is 25.9. The smallest absolute Gasteiger partial charge is 0.384 e. The molecular weight excluding hydrogens is 539 g/mol. The van der Waals surface area contributed by atoms with Gasteiger partial charge in [0.05, 0.1) is 6.33 Å². The number of rotatable bonds is 8. The molecule has 2 unspecified atom stereocenters. The van der Waals surface area contributed by atoms with E-state index in [9.17, 15) is 23.7 Å². The first kappa shape index (κ1) is 26.9. The summed E-state index contributed by atoms with van der Waals surface area (Å²) in [6.45, 7) is -1.08. The lowest BCUT2D eigenvalue weighted by Gasteiger charge is -2.25. The quantitative estimate of drug-likeness (QED) is 0.204. The van der Waals surface area contributed by atoms with Crippen molar-refractivity contribution >= 4 is 46.4 Å². The van der Waals surface area contributed by atoms with Gasteiger partial charge in [0, 0.05) is 0 Å². The number of anilines is 2. The fourth-order valence-corrected chi connectivity index (χ4v) is 6.00. The fraction of sp³-hybridized carbons (Fsp3) is 0.545. The number of ether oxygens (including phenoxy) is 1. The number of fused-ring (bicyclic) bond motifs is 1. The van der Waals surface area contributed by atoms with E-state index >= 15 is 8.78 Å². The highest BCUT2D eigenvalue weighted by Gasteiger charge is 2.65. The Hall–Kier alpha value is -1.66. The maximum atomic E-state index is 15.4. The predicted molar refractivity (Wildman–Crippen MR) is 103 cm³/mol. The molecule has 1 saturated heterocycles. The van der Waals surface area contributed by atoms with Crippen molar-refractivity contribution in [1.29, 1.82) is 0 Å². The third-order valence-corrected chi connectivity index (χ3v) is 8.07. The topological polar surface area (TPSA) is 285 Å². The van der Waals surface area contributed by atoms with E-state index in [4.69, 9.17) is 30.9 Å². The van der Waals surface area contributed by atoms with Gasteiger partial charge in [-0.05, 0) is 6.92 Å². The minimum Gasteiger partial charge on any atom is -0.384 e. The van der Waals surface area contributed by atoms with E-state index < -0.39 is 53.9 Å². The summed E-state index contributed by atoms with van der Waals surface area (Å²) in [5.41, 5.74) is 7.86. The van der Waals surface area contributed by atoms with Gasteiger partial charge in [-0.2, -0.15) is 18.6 Å². The van der Waals surface area contributed by atoms with Crippen molar-refractivity contribution in [2.75, 3.05) is 18.1 Å². The van der Waals surface area contributed by atoms with Crippen LogP contribution in [-0.2, 0) is 31.6 Å². The number of hydrogen-bond acceptors (Lipinski definition) is 13. The van der Waals surface area contributed by atoms with Crippen LogP contribution < -0.4 is 11.5 Å². The molecule has 18 nitrogen and oxygen atoms in total. The molecule has 6 atom stereocenters. The Bertz CT molecular complexity index is 1260. The molecule has 0 amide bonds. The number of aromatic nitrogens is 4. The van der Waals surface area contributed by atoms with Crippen LogP contribution in [0.3, 0.4) is 0 Å². The minimum atomic E-state index is -5.90. The normalized spacial score (nSPS) is 31.4. The van der Waals surface area contributed by atoms with Crippen LogP contribution in [0.4, 0.5) is 20.5 Å². The summed E-state index contributed by atoms with van der Waals surface area (Å²) in [4.78, 5) is 46.9. The van der Waals surface area contributed by atoms with Crippen molar-refractivity contribution in [2.45, 2.75) is 30.8 Å². The van der Waals surface area contributed by atoms with Gasteiger partial charge < -0.3 is 40.9 Å². The Kier molecular flexibility index (Phi) is 6.72. The van der Waals surface area contributed by atoms with E-state index in [0.717, 1.165) is 10.9 Å². The second-order valence-corrected chi connectivity index (χ2v) is 11.4. The summed E-state index contributed by atoms with van der Waals surface area (Å²) in [7, 11) is -17.4. The molecule has 0 spiro atoms. The molecule has 1 aliphatic rings. The van der Waals surface area contributed by atoms with Crippen LogP contribution in [-0.4, -0.2) is 68.4 Å². The number of nitrogens with zero attached hydrogens (tertiary/aromatic N) is 4. The van der Waals surface area contributed by atoms with Crippen LogP contribution >= 0.6 is 23.5 Å². The van der Waals surface area contributed by atoms with Crippen molar-refractivity contribution in [2.24, 2.45) is 0 Å². The Labute approximate surface area is 186 Å². The highest BCUT2D eigenvalue weighted by molar-refractivity contribution is 7.66. The summed E-state index contributed by atoms with van der Waals surface area (Å²) >= 11 is 0. The second-order valence-electron chi connectivity index (χ2n) is 6.97. The first-order chi connectivity index (χ1) is 15.3. The van der Waals surface area contributed by atoms with E-state index in [-0.39, 0.29) is 22.9 Å². The van der Waals surface area contributed by atoms with Gasteiger partial charge in [-0.1, -0.05) is 0 Å². The molecule has 0 saturated carbocycles. The van der Waals surface area contributed by atoms with Gasteiger partial charge in [-0.15, -0.1) is 0 Å². The van der Waals surface area contributed by atoms with Crippen molar-refractivity contribution in [3.8, 4) is 0 Å². The van der Waals surface area contributed by atoms with Gasteiger partial charge in [-0.25, -0.2) is 27.5 Å². The number of phosphoric acid groups is 3. The number of phosphoric ester groups is 1. The lowest BCUT2D eigenvalue weighted by Crippen LogP contribution is -2.46. The molecule has 0 bridgehead atoms. The van der Waals surface area contributed by atoms with Crippen LogP contribution in [0.1, 0.15) is 13.2 Å². The molecule has 1 aliphatic heterocycles. The number of aliphatic hydroxyl groups is 1. The summed E-state index contributed by atoms with van der Waals surface area (Å²) in [5, 5.41) is 10.2. The van der Waals surface area contributed by atoms with Gasteiger partial charge in [0.2, 0.25) is 5.95 Å². The number of alkyl halides is 2. The molecule has 0 radical (unpaired) electrons. The van der Waals surface area contributed by atoms with Gasteiger partial charge >= 0.3 is 23.5 Å². The van der Waals surface area contributed by atoms with Gasteiger partial charge in [0.1, 0.15) is 12.1 Å². The molecule has 2 aromatic rings. The van der Waals surface area contributed by atoms with E-state index in [1.807, 2.05) is 0 Å². The number of imidazole rings is 1. The first-order valence-electron chi connectivity index (χ1n) is 8.54. The highest BCUT2D eigenvalue weighted by Crippen LogP contribution is 2.66. The molecule has 34 heavy (non-hydrogen) atoms. The van der Waals surface area contributed by atoms with Gasteiger partial charge in [0.25, 0.3) is 5.85 Å². The molecule has 23 heteroatoms. The maximum absolute atomic E-state index is 15.4. The second kappa shape index (κ2) is 8.48. The summed E-state index contributed by atoms with van der Waals surface area (Å²) in [5.74, 6) is -4.15. The molecule has 2 aromatic heterocycles. The monoisotopic (exact) mass is 556 g/mol. The molecule has 3 rings (SSSR count). The predicted octanol–water partition coefficient (Wildman–Crippen LogP) is -0.382. The van der Waals surface area contributed by atoms with E-state index in [1.54, 1.807) is 0 Å². The van der Waals surface area contributed by atoms with E-state index in [2.05, 4.69) is 28.1 Å². The largest absolute Gasteiger partial charge is 0.490 e. The zero-order valence-electron chi connectivity index (χ0n) is 16.6. The Balaban J connectivity index is 1.84. The zero-order valence-corrected chi connectivity index (χ0v) is 19.3. The molecule has 0 aliphatic carbocycles. The third kappa shape index (κ3) is 5.43. The molecule has 1 fully saturated rings. The highest BCUT2D eigenvalue weighted by atomic mass is 31.3. The average molecular weight is 556 g/mol. The van der Waals surface area contributed by atoms with E-state index in [1.165, 1.54) is 0 Å². The van der Waals surface area contributed by atoms with Crippen LogP contribution in [0, 0.1) is 0 Å². The van der Waals surface area contributed by atoms with Crippen LogP contribution in [0.15, 0.2) is 6.33 Å². The number of halogens is 2. The SMILES string of the molecule is C[C@]1(F)[C@H](n2cnc3c(N)nc(N)nc32)O[C@](F)(COP(=O)(O)OP(=O)(O)OP(=O)(O)O)[C@H]1O. The molecule has 192 valence electrons. The Morgan fingerprint density at radius 2 is 1.76 bits per heavy atom. The third-order valence-electron chi connectivity index (χ3n) is 4.29. The van der Waals surface area contributed by atoms with Crippen LogP contribution in [0.25, 0.3) is 11.2 Å². The number of nitrogen functional groups attached to an aromatic ring is 2. The van der Waals surface area contributed by atoms with E-state index in [0.29, 0.717) is 6.92 Å².